The maximum atomic E-state index is 13.5. The highest BCUT2D eigenvalue weighted by Crippen LogP contribution is 2.49. The number of carbonyl (C=O) groups excluding carboxylic acids is 2. The van der Waals surface area contributed by atoms with Gasteiger partial charge < -0.3 is 14.6 Å². The zero-order chi connectivity index (χ0) is 22.5. The van der Waals surface area contributed by atoms with Crippen LogP contribution in [0.1, 0.15) is 52.3 Å². The Morgan fingerprint density at radius 3 is 2.69 bits per heavy atom. The van der Waals surface area contributed by atoms with E-state index in [0.717, 1.165) is 31.7 Å². The van der Waals surface area contributed by atoms with Crippen molar-refractivity contribution in [3.63, 3.8) is 0 Å². The molecule has 166 valence electrons. The Bertz CT molecular complexity index is 1210. The summed E-state index contributed by atoms with van der Waals surface area (Å²) in [6.45, 7) is 3.16. The molecule has 8 heteroatoms. The predicted molar refractivity (Wildman–Crippen MR) is 118 cm³/mol. The number of carbonyl (C=O) groups is 2. The molecule has 0 bridgehead atoms. The lowest BCUT2D eigenvalue weighted by Crippen LogP contribution is -2.55. The summed E-state index contributed by atoms with van der Waals surface area (Å²) in [5.74, 6) is -0.247. The third kappa shape index (κ3) is 3.86. The van der Waals surface area contributed by atoms with Gasteiger partial charge >= 0.3 is 0 Å². The van der Waals surface area contributed by atoms with Crippen LogP contribution in [0.4, 0.5) is 4.39 Å². The van der Waals surface area contributed by atoms with Gasteiger partial charge in [0, 0.05) is 31.6 Å². The highest BCUT2D eigenvalue weighted by molar-refractivity contribution is 6.33. The van der Waals surface area contributed by atoms with Crippen LogP contribution in [0.25, 0.3) is 11.1 Å². The number of fused-ring (bicyclic) bond motifs is 1. The molecule has 2 aliphatic rings. The molecule has 1 aliphatic heterocycles. The van der Waals surface area contributed by atoms with Crippen LogP contribution in [-0.4, -0.2) is 40.8 Å². The number of rotatable bonds is 3. The van der Waals surface area contributed by atoms with Crippen molar-refractivity contribution in [1.82, 2.24) is 15.2 Å². The number of nitrogens with one attached hydrogen (secondary N) is 1. The minimum Gasteiger partial charge on any atom is -0.441 e. The first-order chi connectivity index (χ1) is 15.3. The van der Waals surface area contributed by atoms with Crippen LogP contribution in [0.2, 0.25) is 5.02 Å². The number of oxazole rings is 1. The summed E-state index contributed by atoms with van der Waals surface area (Å²) in [7, 11) is 0. The number of benzene rings is 2. The fourth-order valence-electron chi connectivity index (χ4n) is 4.97. The van der Waals surface area contributed by atoms with Gasteiger partial charge in [-0.25, -0.2) is 9.37 Å². The van der Waals surface area contributed by atoms with Gasteiger partial charge in [0.25, 0.3) is 11.8 Å². The molecule has 6 nitrogen and oxygen atoms in total. The minimum absolute atomic E-state index is 0.00678. The molecule has 0 atom stereocenters. The predicted octanol–water partition coefficient (Wildman–Crippen LogP) is 4.74. The fraction of sp³-hybridized carbons (Fsp3) is 0.375. The standard InChI is InChI=1S/C24H23ClFN3O3/c1-14-27-20-10-15(2-5-21(20)32-14)23(31)29-8-6-24(7-9-29)12-17(13-24)28-22(30)18-11-16(26)3-4-19(18)25/h2-5,10-11,17H,6-9,12-13H2,1H3,(H,28,30). The molecule has 5 rings (SSSR count). The minimum atomic E-state index is -0.487. The van der Waals surface area contributed by atoms with Gasteiger partial charge in [-0.3, -0.25) is 9.59 Å². The number of likely N-dealkylation sites (tertiary alicyclic amines) is 1. The van der Waals surface area contributed by atoms with E-state index < -0.39 is 5.82 Å². The lowest BCUT2D eigenvalue weighted by molar-refractivity contribution is 0.00864. The quantitative estimate of drug-likeness (QED) is 0.618. The van der Waals surface area contributed by atoms with Crippen molar-refractivity contribution in [2.75, 3.05) is 13.1 Å². The van der Waals surface area contributed by atoms with E-state index in [1.54, 1.807) is 25.1 Å². The van der Waals surface area contributed by atoms with Crippen molar-refractivity contribution in [3.8, 4) is 0 Å². The van der Waals surface area contributed by atoms with Gasteiger partial charge in [0.05, 0.1) is 10.6 Å². The van der Waals surface area contributed by atoms with E-state index in [0.29, 0.717) is 35.6 Å². The number of hydrogen-bond acceptors (Lipinski definition) is 4. The van der Waals surface area contributed by atoms with Crippen LogP contribution in [0.15, 0.2) is 40.8 Å². The molecule has 1 saturated carbocycles. The maximum Gasteiger partial charge on any atom is 0.253 e. The number of halogens is 2. The summed E-state index contributed by atoms with van der Waals surface area (Å²) in [5.41, 5.74) is 2.30. The molecule has 1 aliphatic carbocycles. The molecular weight excluding hydrogens is 433 g/mol. The topological polar surface area (TPSA) is 75.4 Å². The molecule has 2 heterocycles. The maximum absolute atomic E-state index is 13.5. The van der Waals surface area contributed by atoms with E-state index >= 15 is 0 Å². The number of piperidine rings is 1. The zero-order valence-electron chi connectivity index (χ0n) is 17.7. The number of nitrogens with zero attached hydrogens (tertiary/aromatic N) is 2. The van der Waals surface area contributed by atoms with Crippen molar-refractivity contribution in [1.29, 1.82) is 0 Å². The molecule has 0 radical (unpaired) electrons. The smallest absolute Gasteiger partial charge is 0.253 e. The number of amides is 2. The van der Waals surface area contributed by atoms with E-state index in [-0.39, 0.29) is 33.9 Å². The van der Waals surface area contributed by atoms with Crippen LogP contribution in [-0.2, 0) is 0 Å². The average molecular weight is 456 g/mol. The van der Waals surface area contributed by atoms with Gasteiger partial charge in [0.1, 0.15) is 11.3 Å². The van der Waals surface area contributed by atoms with Crippen LogP contribution in [0.3, 0.4) is 0 Å². The molecule has 2 fully saturated rings. The molecule has 1 N–H and O–H groups in total. The van der Waals surface area contributed by atoms with Gasteiger partial charge in [-0.05, 0) is 67.5 Å². The van der Waals surface area contributed by atoms with Crippen molar-refractivity contribution in [2.45, 2.75) is 38.6 Å². The van der Waals surface area contributed by atoms with E-state index in [4.69, 9.17) is 16.0 Å². The lowest BCUT2D eigenvalue weighted by atomic mass is 9.60. The summed E-state index contributed by atoms with van der Waals surface area (Å²) in [5, 5.41) is 3.20. The van der Waals surface area contributed by atoms with Gasteiger partial charge in [-0.2, -0.15) is 0 Å². The van der Waals surface area contributed by atoms with Crippen molar-refractivity contribution in [3.05, 3.63) is 64.3 Å². The highest BCUT2D eigenvalue weighted by Gasteiger charge is 2.47. The van der Waals surface area contributed by atoms with Gasteiger partial charge in [-0.15, -0.1) is 0 Å². The molecular formula is C24H23ClFN3O3. The first kappa shape index (κ1) is 20.9. The Balaban J connectivity index is 1.16. The van der Waals surface area contributed by atoms with E-state index in [1.165, 1.54) is 12.1 Å². The van der Waals surface area contributed by atoms with Crippen LogP contribution in [0.5, 0.6) is 0 Å². The second-order valence-electron chi connectivity index (χ2n) is 8.91. The first-order valence-corrected chi connectivity index (χ1v) is 11.1. The zero-order valence-corrected chi connectivity index (χ0v) is 18.4. The molecule has 2 amide bonds. The van der Waals surface area contributed by atoms with Gasteiger partial charge in [0.2, 0.25) is 0 Å². The summed E-state index contributed by atoms with van der Waals surface area (Å²) in [6.07, 6.45) is 3.52. The summed E-state index contributed by atoms with van der Waals surface area (Å²) >= 11 is 6.03. The Kier molecular flexibility index (Phi) is 5.16. The molecule has 32 heavy (non-hydrogen) atoms. The summed E-state index contributed by atoms with van der Waals surface area (Å²) in [6, 6.07) is 9.19. The van der Waals surface area contributed by atoms with Crippen LogP contribution in [0, 0.1) is 18.2 Å². The average Bonchev–Trinajstić information content (AvgIpc) is 3.13. The normalized spacial score (nSPS) is 18.0. The Labute approximate surface area is 189 Å². The monoisotopic (exact) mass is 455 g/mol. The second-order valence-corrected chi connectivity index (χ2v) is 9.32. The Morgan fingerprint density at radius 1 is 1.19 bits per heavy atom. The molecule has 0 unspecified atom stereocenters. The van der Waals surface area contributed by atoms with Crippen LogP contribution < -0.4 is 5.32 Å². The fourth-order valence-corrected chi connectivity index (χ4v) is 5.18. The third-order valence-corrected chi connectivity index (χ3v) is 7.05. The molecule has 3 aromatic rings. The van der Waals surface area contributed by atoms with E-state index in [9.17, 15) is 14.0 Å². The third-order valence-electron chi connectivity index (χ3n) is 6.72. The number of aromatic nitrogens is 1. The summed E-state index contributed by atoms with van der Waals surface area (Å²) in [4.78, 5) is 31.6. The Morgan fingerprint density at radius 2 is 1.94 bits per heavy atom. The second kappa shape index (κ2) is 7.89. The van der Waals surface area contributed by atoms with E-state index in [1.807, 2.05) is 4.90 Å². The molecule has 2 aromatic carbocycles. The Hall–Kier alpha value is -2.93. The number of hydrogen-bond donors (Lipinski definition) is 1. The largest absolute Gasteiger partial charge is 0.441 e. The van der Waals surface area contributed by atoms with Crippen molar-refractivity contribution in [2.24, 2.45) is 5.41 Å². The summed E-state index contributed by atoms with van der Waals surface area (Å²) < 4.78 is 18.9. The first-order valence-electron chi connectivity index (χ1n) is 10.7. The number of aryl methyl sites for hydroxylation is 1. The molecule has 1 aromatic heterocycles. The SMILES string of the molecule is Cc1nc2cc(C(=O)N3CCC4(CC3)CC(NC(=O)c3cc(F)ccc3Cl)C4)ccc2o1. The molecule has 1 spiro atoms. The van der Waals surface area contributed by atoms with E-state index in [2.05, 4.69) is 10.3 Å². The van der Waals surface area contributed by atoms with Crippen LogP contribution >= 0.6 is 11.6 Å². The van der Waals surface area contributed by atoms with Crippen molar-refractivity contribution >= 4 is 34.5 Å². The van der Waals surface area contributed by atoms with Gasteiger partial charge in [0.15, 0.2) is 11.5 Å². The van der Waals surface area contributed by atoms with Gasteiger partial charge in [-0.1, -0.05) is 11.6 Å². The van der Waals surface area contributed by atoms with Crippen molar-refractivity contribution < 1.29 is 18.4 Å². The highest BCUT2D eigenvalue weighted by atomic mass is 35.5. The molecule has 1 saturated heterocycles. The lowest BCUT2D eigenvalue weighted by Gasteiger charge is -2.52.